The number of rotatable bonds is 7. The van der Waals surface area contributed by atoms with Gasteiger partial charge in [-0.1, -0.05) is 23.8 Å². The Morgan fingerprint density at radius 3 is 2.50 bits per heavy atom. The van der Waals surface area contributed by atoms with Gasteiger partial charge in [-0.15, -0.1) is 0 Å². The van der Waals surface area contributed by atoms with E-state index in [0.717, 1.165) is 11.1 Å². The summed E-state index contributed by atoms with van der Waals surface area (Å²) in [5.41, 5.74) is 7.97. The second kappa shape index (κ2) is 9.04. The molecule has 0 bridgehead atoms. The van der Waals surface area contributed by atoms with Crippen molar-refractivity contribution in [2.75, 3.05) is 12.5 Å². The van der Waals surface area contributed by atoms with Crippen molar-refractivity contribution in [3.63, 3.8) is 0 Å². The molecule has 0 atom stereocenters. The van der Waals surface area contributed by atoms with E-state index in [-0.39, 0.29) is 5.82 Å². The summed E-state index contributed by atoms with van der Waals surface area (Å²) in [6.07, 6.45) is 1.67. The van der Waals surface area contributed by atoms with Gasteiger partial charge in [0.2, 0.25) is 0 Å². The molecule has 0 aliphatic carbocycles. The number of anilines is 1. The van der Waals surface area contributed by atoms with E-state index in [4.69, 9.17) is 9.47 Å². The molecule has 1 N–H and O–H groups in total. The standard InChI is InChI=1S/C23H23FN2O2/c1-16-4-5-17(2)19(12-16)15-28-22-11-6-18(13-23(22)27-3)14-25-26-21-9-7-20(24)8-10-21/h4-14,26H,15H2,1-3H3/b25-14+. The quantitative estimate of drug-likeness (QED) is 0.437. The first-order chi connectivity index (χ1) is 13.5. The first-order valence-electron chi connectivity index (χ1n) is 8.97. The van der Waals surface area contributed by atoms with Crippen molar-refractivity contribution in [3.8, 4) is 11.5 Å². The Hall–Kier alpha value is -3.34. The third-order valence-corrected chi connectivity index (χ3v) is 4.33. The van der Waals surface area contributed by atoms with Gasteiger partial charge in [-0.3, -0.25) is 5.43 Å². The van der Waals surface area contributed by atoms with Crippen molar-refractivity contribution < 1.29 is 13.9 Å². The van der Waals surface area contributed by atoms with Crippen molar-refractivity contribution in [1.29, 1.82) is 0 Å². The number of methoxy groups -OCH3 is 1. The van der Waals surface area contributed by atoms with E-state index >= 15 is 0 Å². The molecule has 0 aliphatic heterocycles. The molecule has 3 aromatic rings. The van der Waals surface area contributed by atoms with Crippen LogP contribution in [0.1, 0.15) is 22.3 Å². The maximum absolute atomic E-state index is 12.9. The van der Waals surface area contributed by atoms with Gasteiger partial charge in [-0.05, 0) is 73.0 Å². The highest BCUT2D eigenvalue weighted by atomic mass is 19.1. The average molecular weight is 378 g/mol. The zero-order chi connectivity index (χ0) is 19.9. The normalized spacial score (nSPS) is 10.9. The molecule has 144 valence electrons. The monoisotopic (exact) mass is 378 g/mol. The van der Waals surface area contributed by atoms with E-state index in [9.17, 15) is 4.39 Å². The summed E-state index contributed by atoms with van der Waals surface area (Å²) in [5, 5.41) is 4.17. The van der Waals surface area contributed by atoms with Crippen LogP contribution in [-0.4, -0.2) is 13.3 Å². The Balaban J connectivity index is 1.66. The molecule has 0 saturated carbocycles. The van der Waals surface area contributed by atoms with Gasteiger partial charge in [0.05, 0.1) is 19.0 Å². The molecule has 0 saturated heterocycles. The first kappa shape index (κ1) is 19.4. The Labute approximate surface area is 164 Å². The minimum absolute atomic E-state index is 0.282. The van der Waals surface area contributed by atoms with Crippen molar-refractivity contribution in [2.45, 2.75) is 20.5 Å². The second-order valence-corrected chi connectivity index (χ2v) is 6.51. The molecule has 0 radical (unpaired) electrons. The number of ether oxygens (including phenoxy) is 2. The van der Waals surface area contributed by atoms with Crippen molar-refractivity contribution in [3.05, 3.63) is 88.7 Å². The van der Waals surface area contributed by atoms with Crippen molar-refractivity contribution in [2.24, 2.45) is 5.10 Å². The summed E-state index contributed by atoms with van der Waals surface area (Å²) >= 11 is 0. The Kier molecular flexibility index (Phi) is 6.27. The molecule has 0 aliphatic rings. The largest absolute Gasteiger partial charge is 0.493 e. The Bertz CT molecular complexity index is 969. The molecule has 5 heteroatoms. The van der Waals surface area contributed by atoms with Crippen LogP contribution in [0.25, 0.3) is 0 Å². The number of hydrazone groups is 1. The molecular weight excluding hydrogens is 355 g/mol. The van der Waals surface area contributed by atoms with Crippen LogP contribution in [0.5, 0.6) is 11.5 Å². The number of benzene rings is 3. The lowest BCUT2D eigenvalue weighted by Crippen LogP contribution is -2.00. The zero-order valence-electron chi connectivity index (χ0n) is 16.2. The molecular formula is C23H23FN2O2. The number of hydrogen-bond donors (Lipinski definition) is 1. The van der Waals surface area contributed by atoms with E-state index < -0.39 is 0 Å². The molecule has 4 nitrogen and oxygen atoms in total. The topological polar surface area (TPSA) is 42.8 Å². The summed E-state index contributed by atoms with van der Waals surface area (Å²) in [4.78, 5) is 0. The second-order valence-electron chi connectivity index (χ2n) is 6.51. The number of aryl methyl sites for hydroxylation is 2. The van der Waals surface area contributed by atoms with E-state index in [0.29, 0.717) is 23.8 Å². The Morgan fingerprint density at radius 2 is 1.75 bits per heavy atom. The van der Waals surface area contributed by atoms with Crippen LogP contribution in [0, 0.1) is 19.7 Å². The minimum Gasteiger partial charge on any atom is -0.493 e. The predicted octanol–water partition coefficient (Wildman–Crippen LogP) is 5.48. The van der Waals surface area contributed by atoms with Crippen molar-refractivity contribution >= 4 is 11.9 Å². The van der Waals surface area contributed by atoms with Crippen LogP contribution < -0.4 is 14.9 Å². The smallest absolute Gasteiger partial charge is 0.161 e. The fourth-order valence-electron chi connectivity index (χ4n) is 2.70. The molecule has 0 fully saturated rings. The predicted molar refractivity (Wildman–Crippen MR) is 111 cm³/mol. The van der Waals surface area contributed by atoms with Crippen LogP contribution in [-0.2, 0) is 6.61 Å². The molecule has 0 unspecified atom stereocenters. The van der Waals surface area contributed by atoms with Crippen LogP contribution in [0.2, 0.25) is 0 Å². The van der Waals surface area contributed by atoms with Gasteiger partial charge in [-0.25, -0.2) is 4.39 Å². The fraction of sp³-hybridized carbons (Fsp3) is 0.174. The molecule has 0 amide bonds. The third kappa shape index (κ3) is 5.10. The van der Waals surface area contributed by atoms with Crippen LogP contribution in [0.3, 0.4) is 0 Å². The SMILES string of the molecule is COc1cc(/C=N/Nc2ccc(F)cc2)ccc1OCc1cc(C)ccc1C. The molecule has 0 spiro atoms. The van der Waals surface area contributed by atoms with Gasteiger partial charge in [0, 0.05) is 0 Å². The van der Waals surface area contributed by atoms with E-state index in [1.165, 1.54) is 23.3 Å². The number of hydrogen-bond acceptors (Lipinski definition) is 4. The highest BCUT2D eigenvalue weighted by Gasteiger charge is 2.07. The lowest BCUT2D eigenvalue weighted by molar-refractivity contribution is 0.284. The lowest BCUT2D eigenvalue weighted by atomic mass is 10.1. The van der Waals surface area contributed by atoms with Gasteiger partial charge < -0.3 is 9.47 Å². The van der Waals surface area contributed by atoms with Crippen LogP contribution in [0.4, 0.5) is 10.1 Å². The summed E-state index contributed by atoms with van der Waals surface area (Å²) in [7, 11) is 1.61. The summed E-state index contributed by atoms with van der Waals surface area (Å²) in [6, 6.07) is 17.9. The molecule has 3 rings (SSSR count). The van der Waals surface area contributed by atoms with Gasteiger partial charge >= 0.3 is 0 Å². The Morgan fingerprint density at radius 1 is 0.964 bits per heavy atom. The van der Waals surface area contributed by atoms with E-state index in [1.54, 1.807) is 25.5 Å². The van der Waals surface area contributed by atoms with Crippen LogP contribution >= 0.6 is 0 Å². The fourth-order valence-corrected chi connectivity index (χ4v) is 2.70. The summed E-state index contributed by atoms with van der Waals surface area (Å²) in [6.45, 7) is 4.62. The summed E-state index contributed by atoms with van der Waals surface area (Å²) < 4.78 is 24.3. The highest BCUT2D eigenvalue weighted by molar-refractivity contribution is 5.81. The molecule has 3 aromatic carbocycles. The van der Waals surface area contributed by atoms with Crippen molar-refractivity contribution in [1.82, 2.24) is 0 Å². The maximum atomic E-state index is 12.9. The molecule has 0 aromatic heterocycles. The number of nitrogens with zero attached hydrogens (tertiary/aromatic N) is 1. The van der Waals surface area contributed by atoms with Gasteiger partial charge in [0.1, 0.15) is 12.4 Å². The van der Waals surface area contributed by atoms with Gasteiger partial charge in [-0.2, -0.15) is 5.10 Å². The lowest BCUT2D eigenvalue weighted by Gasteiger charge is -2.13. The molecule has 0 heterocycles. The number of halogens is 1. The highest BCUT2D eigenvalue weighted by Crippen LogP contribution is 2.29. The van der Waals surface area contributed by atoms with E-state index in [2.05, 4.69) is 42.6 Å². The average Bonchev–Trinajstić information content (AvgIpc) is 2.70. The zero-order valence-corrected chi connectivity index (χ0v) is 16.2. The first-order valence-corrected chi connectivity index (χ1v) is 8.97. The molecule has 28 heavy (non-hydrogen) atoms. The third-order valence-electron chi connectivity index (χ3n) is 4.33. The van der Waals surface area contributed by atoms with Gasteiger partial charge in [0.25, 0.3) is 0 Å². The minimum atomic E-state index is -0.282. The summed E-state index contributed by atoms with van der Waals surface area (Å²) in [5.74, 6) is 1.03. The van der Waals surface area contributed by atoms with Crippen LogP contribution in [0.15, 0.2) is 65.8 Å². The van der Waals surface area contributed by atoms with E-state index in [1.807, 2.05) is 18.2 Å². The van der Waals surface area contributed by atoms with Gasteiger partial charge in [0.15, 0.2) is 11.5 Å². The maximum Gasteiger partial charge on any atom is 0.161 e. The number of nitrogens with one attached hydrogen (secondary N) is 1.